The number of benzene rings is 1. The Balaban J connectivity index is 2.32. The average molecular weight is 241 g/mol. The smallest absolute Gasteiger partial charge is 0.301 e. The molecule has 3 rings (SSSR count). The molecule has 0 aliphatic rings. The minimum atomic E-state index is -0.270. The molecule has 0 saturated carbocycles. The predicted molar refractivity (Wildman–Crippen MR) is 66.9 cm³/mol. The van der Waals surface area contributed by atoms with Gasteiger partial charge in [-0.3, -0.25) is 4.79 Å². The van der Waals surface area contributed by atoms with E-state index < -0.39 is 0 Å². The maximum Gasteiger partial charge on any atom is 0.301 e. The molecule has 0 aliphatic heterocycles. The Bertz CT molecular complexity index is 769. The highest BCUT2D eigenvalue weighted by Crippen LogP contribution is 2.13. The Labute approximate surface area is 103 Å². The number of aromatic nitrogens is 3. The SMILES string of the molecule is Cc1ccc(-n2nc(C)c3conc3c2=O)cc1. The molecule has 0 aliphatic carbocycles. The topological polar surface area (TPSA) is 60.9 Å². The molecule has 0 amide bonds. The van der Waals surface area contributed by atoms with Crippen LogP contribution in [0.15, 0.2) is 39.8 Å². The number of hydrogen-bond acceptors (Lipinski definition) is 4. The first-order valence-electron chi connectivity index (χ1n) is 5.58. The van der Waals surface area contributed by atoms with Gasteiger partial charge in [0.2, 0.25) is 0 Å². The Hall–Kier alpha value is -2.43. The van der Waals surface area contributed by atoms with Crippen LogP contribution >= 0.6 is 0 Å². The highest BCUT2D eigenvalue weighted by Gasteiger charge is 2.12. The van der Waals surface area contributed by atoms with Gasteiger partial charge in [0.1, 0.15) is 6.26 Å². The molecule has 2 heterocycles. The number of nitrogens with zero attached hydrogens (tertiary/aromatic N) is 3. The van der Waals surface area contributed by atoms with Crippen LogP contribution in [0, 0.1) is 13.8 Å². The maximum atomic E-state index is 12.2. The van der Waals surface area contributed by atoms with E-state index in [2.05, 4.69) is 10.3 Å². The van der Waals surface area contributed by atoms with Gasteiger partial charge in [-0.15, -0.1) is 0 Å². The van der Waals surface area contributed by atoms with Crippen LogP contribution in [0.5, 0.6) is 0 Å². The summed E-state index contributed by atoms with van der Waals surface area (Å²) in [6.07, 6.45) is 1.44. The Morgan fingerprint density at radius 3 is 2.61 bits per heavy atom. The lowest BCUT2D eigenvalue weighted by atomic mass is 10.2. The summed E-state index contributed by atoms with van der Waals surface area (Å²) in [6.45, 7) is 3.82. The fraction of sp³-hybridized carbons (Fsp3) is 0.154. The zero-order chi connectivity index (χ0) is 12.7. The molecular weight excluding hydrogens is 230 g/mol. The summed E-state index contributed by atoms with van der Waals surface area (Å²) in [5.74, 6) is 0. The third-order valence-corrected chi connectivity index (χ3v) is 2.88. The molecule has 0 radical (unpaired) electrons. The van der Waals surface area contributed by atoms with E-state index in [4.69, 9.17) is 4.52 Å². The number of hydrogen-bond donors (Lipinski definition) is 0. The van der Waals surface area contributed by atoms with Crippen LogP contribution in [0.2, 0.25) is 0 Å². The summed E-state index contributed by atoms with van der Waals surface area (Å²) >= 11 is 0. The molecule has 0 saturated heterocycles. The Morgan fingerprint density at radius 1 is 1.17 bits per heavy atom. The van der Waals surface area contributed by atoms with Crippen LogP contribution in [0.3, 0.4) is 0 Å². The van der Waals surface area contributed by atoms with Crippen molar-refractivity contribution in [3.8, 4) is 5.69 Å². The van der Waals surface area contributed by atoms with Gasteiger partial charge >= 0.3 is 5.56 Å². The third-order valence-electron chi connectivity index (χ3n) is 2.88. The van der Waals surface area contributed by atoms with Gasteiger partial charge in [-0.05, 0) is 26.0 Å². The summed E-state index contributed by atoms with van der Waals surface area (Å²) < 4.78 is 6.18. The van der Waals surface area contributed by atoms with Gasteiger partial charge in [0.05, 0.1) is 16.8 Å². The van der Waals surface area contributed by atoms with E-state index in [1.807, 2.05) is 38.1 Å². The van der Waals surface area contributed by atoms with E-state index in [1.54, 1.807) is 0 Å². The first kappa shape index (κ1) is 10.7. The van der Waals surface area contributed by atoms with Crippen molar-refractivity contribution >= 4 is 10.9 Å². The second-order valence-electron chi connectivity index (χ2n) is 4.21. The maximum absolute atomic E-state index is 12.2. The molecular formula is C13H11N3O2. The fourth-order valence-corrected chi connectivity index (χ4v) is 1.86. The van der Waals surface area contributed by atoms with Crippen LogP contribution in [0.25, 0.3) is 16.6 Å². The highest BCUT2D eigenvalue weighted by atomic mass is 16.5. The Kier molecular flexibility index (Phi) is 2.26. The molecule has 0 spiro atoms. The summed E-state index contributed by atoms with van der Waals surface area (Å²) in [6, 6.07) is 7.59. The minimum Gasteiger partial charge on any atom is -0.363 e. The lowest BCUT2D eigenvalue weighted by Crippen LogP contribution is -2.22. The molecule has 18 heavy (non-hydrogen) atoms. The molecule has 5 nitrogen and oxygen atoms in total. The van der Waals surface area contributed by atoms with Crippen molar-refractivity contribution in [2.24, 2.45) is 0 Å². The van der Waals surface area contributed by atoms with Crippen molar-refractivity contribution in [2.45, 2.75) is 13.8 Å². The van der Waals surface area contributed by atoms with Crippen LogP contribution in [-0.2, 0) is 0 Å². The standard InChI is InChI=1S/C13H11N3O2/c1-8-3-5-10(6-4-8)16-13(17)12-11(7-18-15-12)9(2)14-16/h3-7H,1-2H3. The number of rotatable bonds is 1. The molecule has 0 N–H and O–H groups in total. The predicted octanol–water partition coefficient (Wildman–Crippen LogP) is 1.99. The van der Waals surface area contributed by atoms with Crippen LogP contribution < -0.4 is 5.56 Å². The van der Waals surface area contributed by atoms with Crippen molar-refractivity contribution < 1.29 is 4.52 Å². The molecule has 0 bridgehead atoms. The molecule has 5 heteroatoms. The molecule has 0 unspecified atom stereocenters. The van der Waals surface area contributed by atoms with Gasteiger partial charge in [0.15, 0.2) is 5.52 Å². The van der Waals surface area contributed by atoms with Crippen LogP contribution in [-0.4, -0.2) is 14.9 Å². The third kappa shape index (κ3) is 1.52. The Morgan fingerprint density at radius 2 is 1.89 bits per heavy atom. The zero-order valence-electron chi connectivity index (χ0n) is 10.0. The largest absolute Gasteiger partial charge is 0.363 e. The van der Waals surface area contributed by atoms with Crippen LogP contribution in [0.1, 0.15) is 11.3 Å². The van der Waals surface area contributed by atoms with Crippen LogP contribution in [0.4, 0.5) is 0 Å². The molecule has 1 aromatic carbocycles. The lowest BCUT2D eigenvalue weighted by Gasteiger charge is -2.05. The van der Waals surface area contributed by atoms with E-state index in [0.29, 0.717) is 16.6 Å². The molecule has 90 valence electrons. The van der Waals surface area contributed by atoms with Gasteiger partial charge in [-0.1, -0.05) is 22.9 Å². The van der Waals surface area contributed by atoms with Crippen molar-refractivity contribution in [1.29, 1.82) is 0 Å². The summed E-state index contributed by atoms with van der Waals surface area (Å²) in [7, 11) is 0. The average Bonchev–Trinajstić information content (AvgIpc) is 2.85. The van der Waals surface area contributed by atoms with E-state index in [0.717, 1.165) is 11.3 Å². The van der Waals surface area contributed by atoms with Crippen molar-refractivity contribution in [3.05, 3.63) is 52.1 Å². The highest BCUT2D eigenvalue weighted by molar-refractivity contribution is 5.78. The number of fused-ring (bicyclic) bond motifs is 1. The van der Waals surface area contributed by atoms with E-state index >= 15 is 0 Å². The second-order valence-corrected chi connectivity index (χ2v) is 4.21. The van der Waals surface area contributed by atoms with Crippen molar-refractivity contribution in [1.82, 2.24) is 14.9 Å². The van der Waals surface area contributed by atoms with E-state index in [9.17, 15) is 4.79 Å². The summed E-state index contributed by atoms with van der Waals surface area (Å²) in [5, 5.41) is 8.67. The normalized spacial score (nSPS) is 11.0. The summed E-state index contributed by atoms with van der Waals surface area (Å²) in [4.78, 5) is 12.2. The summed E-state index contributed by atoms with van der Waals surface area (Å²) in [5.41, 5.74) is 2.60. The van der Waals surface area contributed by atoms with Crippen molar-refractivity contribution in [2.75, 3.05) is 0 Å². The lowest BCUT2D eigenvalue weighted by molar-refractivity contribution is 0.427. The molecule has 0 atom stereocenters. The monoisotopic (exact) mass is 241 g/mol. The fourth-order valence-electron chi connectivity index (χ4n) is 1.86. The van der Waals surface area contributed by atoms with E-state index in [1.165, 1.54) is 10.9 Å². The number of aryl methyl sites for hydroxylation is 2. The van der Waals surface area contributed by atoms with E-state index in [-0.39, 0.29) is 5.56 Å². The van der Waals surface area contributed by atoms with Gasteiger partial charge in [-0.25, -0.2) is 0 Å². The van der Waals surface area contributed by atoms with Gasteiger partial charge in [-0.2, -0.15) is 9.78 Å². The van der Waals surface area contributed by atoms with Gasteiger partial charge < -0.3 is 4.52 Å². The van der Waals surface area contributed by atoms with Gasteiger partial charge in [0, 0.05) is 0 Å². The second kappa shape index (κ2) is 3.80. The van der Waals surface area contributed by atoms with Gasteiger partial charge in [0.25, 0.3) is 0 Å². The van der Waals surface area contributed by atoms with Crippen molar-refractivity contribution in [3.63, 3.8) is 0 Å². The first-order chi connectivity index (χ1) is 8.66. The molecule has 2 aromatic heterocycles. The molecule has 3 aromatic rings. The first-order valence-corrected chi connectivity index (χ1v) is 5.58. The quantitative estimate of drug-likeness (QED) is 0.653. The molecule has 0 fully saturated rings. The zero-order valence-corrected chi connectivity index (χ0v) is 10.0. The minimum absolute atomic E-state index is 0.270.